The van der Waals surface area contributed by atoms with E-state index in [4.69, 9.17) is 19.4 Å². The largest absolute Gasteiger partial charge is 0.497 e. The summed E-state index contributed by atoms with van der Waals surface area (Å²) in [6.45, 7) is 2.03. The quantitative estimate of drug-likeness (QED) is 0.0901. The number of hydrogen-bond acceptors (Lipinski definition) is 21. The number of aryl methyl sites for hydroxylation is 1. The van der Waals surface area contributed by atoms with Crippen molar-refractivity contribution in [2.75, 3.05) is 14.2 Å². The third kappa shape index (κ3) is 12.3. The summed E-state index contributed by atoms with van der Waals surface area (Å²) in [5.74, 6) is 4.39. The molecule has 0 aliphatic carbocycles. The predicted octanol–water partition coefficient (Wildman–Crippen LogP) is 15.1. The Balaban J connectivity index is 0.828. The minimum Gasteiger partial charge on any atom is -0.497 e. The Morgan fingerprint density at radius 1 is 0.252 bits per heavy atom. The first-order valence-corrected chi connectivity index (χ1v) is 32.5. The Kier molecular flexibility index (Phi) is 16.0. The van der Waals surface area contributed by atoms with Crippen LogP contribution in [0.3, 0.4) is 0 Å². The number of aldehydes is 1. The van der Waals surface area contributed by atoms with E-state index in [1.807, 2.05) is 201 Å². The topological polar surface area (TPSA) is 299 Å². The van der Waals surface area contributed by atoms with Gasteiger partial charge in [0.25, 0.3) is 0 Å². The van der Waals surface area contributed by atoms with Gasteiger partial charge in [0.05, 0.1) is 37.0 Å². The number of carbonyl (C=O) groups excluding carboxylic acids is 1. The van der Waals surface area contributed by atoms with E-state index in [2.05, 4.69) is 116 Å². The van der Waals surface area contributed by atoms with Crippen molar-refractivity contribution in [1.29, 1.82) is 0 Å². The van der Waals surface area contributed by atoms with E-state index in [-0.39, 0.29) is 0 Å². The lowest BCUT2D eigenvalue weighted by Crippen LogP contribution is -1.99. The summed E-state index contributed by atoms with van der Waals surface area (Å²) in [6, 6.07) is 69.8. The van der Waals surface area contributed by atoms with Gasteiger partial charge in [-0.1, -0.05) is 151 Å². The van der Waals surface area contributed by atoms with Crippen LogP contribution in [-0.2, 0) is 0 Å². The Morgan fingerprint density at radius 3 is 0.660 bits per heavy atom. The molecule has 0 spiro atoms. The molecule has 103 heavy (non-hydrogen) atoms. The minimum absolute atomic E-state index is 0.329. The summed E-state index contributed by atoms with van der Waals surface area (Å²) in [4.78, 5) is 30.2. The second kappa shape index (κ2) is 26.7. The number of rotatable bonds is 15. The molecule has 7 aromatic heterocycles. The number of nitrogens with one attached hydrogen (secondary N) is 2. The number of methoxy groups -OCH3 is 2. The van der Waals surface area contributed by atoms with Crippen LogP contribution >= 0.6 is 0 Å². The molecular weight excluding hydrogens is 1290 g/mol. The van der Waals surface area contributed by atoms with Crippen LogP contribution in [0.2, 0.25) is 0 Å². The number of aromatic amines is 2. The average Bonchev–Trinajstić information content (AvgIpc) is 1.62. The summed E-state index contributed by atoms with van der Waals surface area (Å²) in [5, 5.41) is 71.6. The number of fused-ring (bicyclic) bond motifs is 8. The predicted molar refractivity (Wildman–Crippen MR) is 392 cm³/mol. The molecule has 0 atom stereocenters. The van der Waals surface area contributed by atoms with Gasteiger partial charge in [0.1, 0.15) is 17.8 Å². The van der Waals surface area contributed by atoms with Crippen LogP contribution in [-0.4, -0.2) is 122 Å². The molecule has 0 unspecified atom stereocenters. The van der Waals surface area contributed by atoms with E-state index in [1.54, 1.807) is 38.5 Å². The molecular formula is C80H52N20O3. The monoisotopic (exact) mass is 1340 g/mol. The molecule has 0 saturated heterocycles. The molecule has 2 aliphatic rings. The zero-order chi connectivity index (χ0) is 69.3. The Bertz CT molecular complexity index is 5940. The van der Waals surface area contributed by atoms with E-state index >= 15 is 0 Å². The summed E-state index contributed by atoms with van der Waals surface area (Å²) in [7, 11) is 3.24. The highest BCUT2D eigenvalue weighted by molar-refractivity contribution is 6.00. The van der Waals surface area contributed by atoms with Crippen LogP contribution in [0.1, 0.15) is 38.7 Å². The van der Waals surface area contributed by atoms with Crippen molar-refractivity contribution in [3.8, 4) is 147 Å². The lowest BCUT2D eigenvalue weighted by atomic mass is 10.0. The maximum absolute atomic E-state index is 11.4. The van der Waals surface area contributed by atoms with E-state index < -0.39 is 0 Å². The molecule has 490 valence electrons. The van der Waals surface area contributed by atoms with Crippen molar-refractivity contribution in [1.82, 2.24) is 102 Å². The third-order valence-electron chi connectivity index (χ3n) is 17.7. The first kappa shape index (κ1) is 61.9. The van der Waals surface area contributed by atoms with Crippen molar-refractivity contribution in [2.24, 2.45) is 0 Å². The van der Waals surface area contributed by atoms with Crippen LogP contribution in [0.15, 0.2) is 218 Å². The second-order valence-electron chi connectivity index (χ2n) is 24.1. The van der Waals surface area contributed by atoms with E-state index in [9.17, 15) is 4.79 Å². The fourth-order valence-corrected chi connectivity index (χ4v) is 12.3. The number of aromatic nitrogens is 20. The second-order valence-corrected chi connectivity index (χ2v) is 24.1. The molecule has 0 radical (unpaired) electrons. The molecule has 9 heterocycles. The van der Waals surface area contributed by atoms with Crippen molar-refractivity contribution >= 4 is 52.7 Å². The molecule has 2 aliphatic heterocycles. The molecule has 17 rings (SSSR count). The fourth-order valence-electron chi connectivity index (χ4n) is 12.3. The normalized spacial score (nSPS) is 11.6. The van der Waals surface area contributed by atoms with Crippen molar-refractivity contribution in [3.05, 3.63) is 252 Å². The molecule has 2 N–H and O–H groups in total. The number of ether oxygens (including phenoxy) is 2. The lowest BCUT2D eigenvalue weighted by Gasteiger charge is -2.08. The first-order valence-electron chi connectivity index (χ1n) is 32.5. The first-order chi connectivity index (χ1) is 50.7. The molecule has 8 aromatic carbocycles. The van der Waals surface area contributed by atoms with Crippen molar-refractivity contribution < 1.29 is 14.3 Å². The van der Waals surface area contributed by atoms with Crippen molar-refractivity contribution in [3.63, 3.8) is 0 Å². The standard InChI is InChI=1S/C80H52N20O3/c1-45-4-8-51(9-5-45)73-85-89-75(90-86-73)53-20-12-47(13-21-53)69-61-36-38-63(81-61)70(48-14-22-54(23-15-48)76-91-87-74(88-92-76)52-10-6-46(44-101)7-11-52)64-39-41-66(83-64)72(50-18-26-56(27-19-50)78-95-99-80(100-96-78)58-30-34-60(103-3)35-31-58)68-43-42-67(84-68)71(65-40-37-62(69)82-65)49-16-24-55(25-17-49)77-93-97-79(98-94-77)57-28-32-59(102-2)33-29-57/h4-44,82-83H,1-3H3. The van der Waals surface area contributed by atoms with Crippen LogP contribution in [0.5, 0.6) is 11.5 Å². The third-order valence-corrected chi connectivity index (χ3v) is 17.7. The van der Waals surface area contributed by atoms with Gasteiger partial charge in [0.15, 0.2) is 0 Å². The van der Waals surface area contributed by atoms with Crippen LogP contribution in [0.4, 0.5) is 0 Å². The number of carbonyl (C=O) groups is 1. The van der Waals surface area contributed by atoms with Gasteiger partial charge in [-0.15, -0.1) is 81.6 Å². The van der Waals surface area contributed by atoms with Crippen LogP contribution in [0, 0.1) is 6.92 Å². The Labute approximate surface area is 586 Å². The maximum Gasteiger partial charge on any atom is 0.203 e. The van der Waals surface area contributed by atoms with Crippen LogP contribution < -0.4 is 9.47 Å². The number of H-pyrrole nitrogens is 2. The summed E-state index contributed by atoms with van der Waals surface area (Å²) < 4.78 is 10.7. The van der Waals surface area contributed by atoms with E-state index in [0.29, 0.717) is 103 Å². The molecule has 15 aromatic rings. The maximum atomic E-state index is 11.4. The van der Waals surface area contributed by atoms with Gasteiger partial charge in [-0.2, -0.15) is 0 Å². The number of benzene rings is 8. The van der Waals surface area contributed by atoms with E-state index in [1.165, 1.54) is 0 Å². The summed E-state index contributed by atoms with van der Waals surface area (Å²) in [6.07, 6.45) is 8.95. The molecule has 0 saturated carbocycles. The van der Waals surface area contributed by atoms with Gasteiger partial charge < -0.3 is 19.4 Å². The minimum atomic E-state index is 0.329. The number of nitrogens with zero attached hydrogens (tertiary/aromatic N) is 18. The average molecular weight is 1340 g/mol. The van der Waals surface area contributed by atoms with Gasteiger partial charge in [-0.05, 0) is 126 Å². The summed E-state index contributed by atoms with van der Waals surface area (Å²) in [5.41, 5.74) is 20.0. The van der Waals surface area contributed by atoms with Gasteiger partial charge >= 0.3 is 0 Å². The van der Waals surface area contributed by atoms with Gasteiger partial charge in [-0.3, -0.25) is 4.79 Å². The lowest BCUT2D eigenvalue weighted by molar-refractivity contribution is 0.112. The molecule has 0 fully saturated rings. The molecule has 8 bridgehead atoms. The highest BCUT2D eigenvalue weighted by Crippen LogP contribution is 2.40. The zero-order valence-electron chi connectivity index (χ0n) is 54.9. The van der Waals surface area contributed by atoms with Crippen LogP contribution in [0.25, 0.3) is 182 Å². The molecule has 0 amide bonds. The number of hydrogen-bond donors (Lipinski definition) is 2. The molecule has 23 nitrogen and oxygen atoms in total. The zero-order valence-corrected chi connectivity index (χ0v) is 54.9. The molecule has 23 heteroatoms. The van der Waals surface area contributed by atoms with E-state index in [0.717, 1.165) is 106 Å². The highest BCUT2D eigenvalue weighted by atomic mass is 16.5. The Hall–Kier alpha value is -14.6. The van der Waals surface area contributed by atoms with Crippen molar-refractivity contribution in [2.45, 2.75) is 6.92 Å². The SMILES string of the molecule is COc1ccc(-c2nnc(-c3ccc(-c4c5nc(c(-c6ccc(-c7nnc(-c8ccc(OC)cc8)nn7)cc6)c6ccc([nH]6)c(-c6ccc(-c7nnc(-c8ccc(C=O)cc8)nn7)cc6)c6nc(c(-c7ccc(-c8nnc(-c9ccc(C)cc9)nn8)cc7)c7ccc4[nH]7)C=C6)C=C5)cc3)nn2)cc1. The Morgan fingerprint density at radius 2 is 0.447 bits per heavy atom. The highest BCUT2D eigenvalue weighted by Gasteiger charge is 2.22. The smallest absolute Gasteiger partial charge is 0.203 e. The fraction of sp³-hybridized carbons (Fsp3) is 0.0375. The summed E-state index contributed by atoms with van der Waals surface area (Å²) >= 11 is 0. The van der Waals surface area contributed by atoms with Gasteiger partial charge in [0.2, 0.25) is 46.6 Å². The van der Waals surface area contributed by atoms with Gasteiger partial charge in [-0.25, -0.2) is 9.97 Å². The van der Waals surface area contributed by atoms with Gasteiger partial charge in [0, 0.05) is 94.4 Å².